The molecular formula is C12H17ClFNO. The third-order valence-electron chi connectivity index (χ3n) is 3.08. The fourth-order valence-corrected chi connectivity index (χ4v) is 2.28. The van der Waals surface area contributed by atoms with Crippen LogP contribution in [0.2, 0.25) is 0 Å². The third-order valence-corrected chi connectivity index (χ3v) is 3.08. The van der Waals surface area contributed by atoms with Gasteiger partial charge in [-0.3, -0.25) is 0 Å². The molecule has 1 aliphatic carbocycles. The van der Waals surface area contributed by atoms with Gasteiger partial charge >= 0.3 is 0 Å². The van der Waals surface area contributed by atoms with Gasteiger partial charge in [0.25, 0.3) is 0 Å². The number of halogens is 2. The lowest BCUT2D eigenvalue weighted by Gasteiger charge is -2.04. The average Bonchev–Trinajstić information content (AvgIpc) is 2.62. The lowest BCUT2D eigenvalue weighted by atomic mass is 10.0. The molecule has 0 bridgehead atoms. The van der Waals surface area contributed by atoms with E-state index in [-0.39, 0.29) is 24.8 Å². The second-order valence-electron chi connectivity index (χ2n) is 4.20. The zero-order chi connectivity index (χ0) is 10.8. The summed E-state index contributed by atoms with van der Waals surface area (Å²) in [6.07, 6.45) is 2.16. The van der Waals surface area contributed by atoms with E-state index in [1.54, 1.807) is 0 Å². The summed E-state index contributed by atoms with van der Waals surface area (Å²) in [6.45, 7) is 0.683. The Labute approximate surface area is 101 Å². The molecule has 1 aromatic carbocycles. The number of nitrogens with two attached hydrogens (primary N) is 1. The Hall–Kier alpha value is -0.640. The molecule has 0 aliphatic heterocycles. The van der Waals surface area contributed by atoms with Gasteiger partial charge in [0.15, 0.2) is 0 Å². The summed E-state index contributed by atoms with van der Waals surface area (Å²) in [6, 6.07) is 3.54. The van der Waals surface area contributed by atoms with Crippen LogP contribution in [0.5, 0.6) is 0 Å². The molecule has 2 rings (SSSR count). The average molecular weight is 246 g/mol. The predicted octanol–water partition coefficient (Wildman–Crippen LogP) is 1.46. The van der Waals surface area contributed by atoms with E-state index >= 15 is 0 Å². The molecule has 0 aromatic heterocycles. The molecule has 1 aromatic rings. The van der Waals surface area contributed by atoms with Gasteiger partial charge in [-0.2, -0.15) is 0 Å². The first-order valence-electron chi connectivity index (χ1n) is 5.35. The molecule has 16 heavy (non-hydrogen) atoms. The number of aliphatic hydroxyl groups is 1. The van der Waals surface area contributed by atoms with Crippen LogP contribution in [0.15, 0.2) is 12.1 Å². The van der Waals surface area contributed by atoms with Crippen molar-refractivity contribution >= 4 is 12.4 Å². The normalized spacial score (nSPS) is 18.1. The predicted molar refractivity (Wildman–Crippen MR) is 64.4 cm³/mol. The summed E-state index contributed by atoms with van der Waals surface area (Å²) >= 11 is 0. The summed E-state index contributed by atoms with van der Waals surface area (Å²) in [5, 5.41) is 8.81. The van der Waals surface area contributed by atoms with Crippen molar-refractivity contribution in [2.45, 2.75) is 19.3 Å². The zero-order valence-corrected chi connectivity index (χ0v) is 9.89. The molecule has 3 N–H and O–H groups in total. The maximum atomic E-state index is 13.7. The first-order valence-corrected chi connectivity index (χ1v) is 5.35. The van der Waals surface area contributed by atoms with Gasteiger partial charge in [-0.05, 0) is 54.5 Å². The molecule has 0 saturated carbocycles. The van der Waals surface area contributed by atoms with E-state index < -0.39 is 0 Å². The highest BCUT2D eigenvalue weighted by atomic mass is 35.5. The lowest BCUT2D eigenvalue weighted by molar-refractivity contribution is 0.299. The van der Waals surface area contributed by atoms with Gasteiger partial charge in [0, 0.05) is 6.61 Å². The van der Waals surface area contributed by atoms with Crippen LogP contribution in [0.25, 0.3) is 0 Å². The van der Waals surface area contributed by atoms with E-state index in [1.165, 1.54) is 6.07 Å². The van der Waals surface area contributed by atoms with Gasteiger partial charge in [-0.1, -0.05) is 6.07 Å². The van der Waals surface area contributed by atoms with E-state index in [4.69, 9.17) is 10.8 Å². The van der Waals surface area contributed by atoms with Gasteiger partial charge < -0.3 is 10.8 Å². The minimum Gasteiger partial charge on any atom is -0.396 e. The van der Waals surface area contributed by atoms with Crippen molar-refractivity contribution in [1.82, 2.24) is 0 Å². The minimum atomic E-state index is -0.132. The van der Waals surface area contributed by atoms with Crippen LogP contribution in [0.4, 0.5) is 4.39 Å². The van der Waals surface area contributed by atoms with Crippen molar-refractivity contribution in [3.63, 3.8) is 0 Å². The smallest absolute Gasteiger partial charge is 0.126 e. The van der Waals surface area contributed by atoms with Gasteiger partial charge in [-0.25, -0.2) is 4.39 Å². The van der Waals surface area contributed by atoms with E-state index in [2.05, 4.69) is 0 Å². The maximum absolute atomic E-state index is 13.7. The topological polar surface area (TPSA) is 46.2 Å². The summed E-state index contributed by atoms with van der Waals surface area (Å²) in [4.78, 5) is 0. The van der Waals surface area contributed by atoms with Gasteiger partial charge in [-0.15, -0.1) is 12.4 Å². The molecule has 0 amide bonds. The summed E-state index contributed by atoms with van der Waals surface area (Å²) < 4.78 is 13.7. The summed E-state index contributed by atoms with van der Waals surface area (Å²) in [5.74, 6) is 0.255. The van der Waals surface area contributed by atoms with Crippen LogP contribution in [-0.4, -0.2) is 18.3 Å². The van der Waals surface area contributed by atoms with Crippen molar-refractivity contribution in [1.29, 1.82) is 0 Å². The van der Waals surface area contributed by atoms with Gasteiger partial charge in [0.2, 0.25) is 0 Å². The van der Waals surface area contributed by atoms with Crippen molar-refractivity contribution in [3.8, 4) is 0 Å². The van der Waals surface area contributed by atoms with Crippen molar-refractivity contribution < 1.29 is 9.50 Å². The Morgan fingerprint density at radius 3 is 2.75 bits per heavy atom. The monoisotopic (exact) mass is 245 g/mol. The van der Waals surface area contributed by atoms with Crippen LogP contribution < -0.4 is 5.73 Å². The first-order chi connectivity index (χ1) is 7.24. The number of rotatable bonds is 3. The van der Waals surface area contributed by atoms with Crippen LogP contribution in [-0.2, 0) is 19.3 Å². The molecule has 4 heteroatoms. The lowest BCUT2D eigenvalue weighted by Crippen LogP contribution is -2.13. The first kappa shape index (κ1) is 13.4. The van der Waals surface area contributed by atoms with E-state index in [9.17, 15) is 4.39 Å². The van der Waals surface area contributed by atoms with Crippen LogP contribution in [0.1, 0.15) is 16.7 Å². The van der Waals surface area contributed by atoms with Crippen LogP contribution >= 0.6 is 12.4 Å². The molecular weight excluding hydrogens is 229 g/mol. The van der Waals surface area contributed by atoms with Crippen molar-refractivity contribution in [3.05, 3.63) is 34.6 Å². The maximum Gasteiger partial charge on any atom is 0.126 e. The third kappa shape index (κ3) is 2.54. The van der Waals surface area contributed by atoms with Crippen LogP contribution in [0.3, 0.4) is 0 Å². The molecule has 0 radical (unpaired) electrons. The number of fused-ring (bicyclic) bond motifs is 1. The number of benzene rings is 1. The molecule has 1 atom stereocenters. The molecule has 0 saturated heterocycles. The van der Waals surface area contributed by atoms with Crippen molar-refractivity contribution in [2.24, 2.45) is 11.7 Å². The van der Waals surface area contributed by atoms with E-state index in [0.717, 1.165) is 29.5 Å². The molecule has 90 valence electrons. The van der Waals surface area contributed by atoms with Gasteiger partial charge in [0.05, 0.1) is 0 Å². The number of hydrogen-bond donors (Lipinski definition) is 2. The highest BCUT2D eigenvalue weighted by molar-refractivity contribution is 5.85. The standard InChI is InChI=1S/C12H16FNO.ClH/c13-12-6-8(1-2-15)3-10-4-9(7-14)5-11(10)12;/h3,6,9,15H,1-2,4-5,7,14H2;1H. The Morgan fingerprint density at radius 2 is 2.12 bits per heavy atom. The SMILES string of the molecule is Cl.NCC1Cc2cc(CCO)cc(F)c2C1. The second kappa shape index (κ2) is 5.62. The van der Waals surface area contributed by atoms with Crippen molar-refractivity contribution in [2.75, 3.05) is 13.2 Å². The Morgan fingerprint density at radius 1 is 1.38 bits per heavy atom. The zero-order valence-electron chi connectivity index (χ0n) is 9.08. The van der Waals surface area contributed by atoms with E-state index in [1.807, 2.05) is 6.07 Å². The molecule has 1 unspecified atom stereocenters. The molecule has 0 spiro atoms. The van der Waals surface area contributed by atoms with E-state index in [0.29, 0.717) is 18.9 Å². The Bertz CT molecular complexity index is 370. The summed E-state index contributed by atoms with van der Waals surface area (Å²) in [7, 11) is 0. The van der Waals surface area contributed by atoms with Crippen LogP contribution in [0, 0.1) is 11.7 Å². The Kier molecular flexibility index (Phi) is 4.71. The summed E-state index contributed by atoms with van der Waals surface area (Å²) in [5.41, 5.74) is 8.38. The number of aliphatic hydroxyl groups excluding tert-OH is 1. The fourth-order valence-electron chi connectivity index (χ4n) is 2.28. The number of hydrogen-bond acceptors (Lipinski definition) is 2. The highest BCUT2D eigenvalue weighted by Crippen LogP contribution is 2.29. The second-order valence-corrected chi connectivity index (χ2v) is 4.20. The van der Waals surface area contributed by atoms with Gasteiger partial charge in [0.1, 0.15) is 5.82 Å². The molecule has 0 heterocycles. The Balaban J connectivity index is 0.00000128. The molecule has 0 fully saturated rings. The quantitative estimate of drug-likeness (QED) is 0.847. The minimum absolute atomic E-state index is 0. The fraction of sp³-hybridized carbons (Fsp3) is 0.500. The molecule has 2 nitrogen and oxygen atoms in total. The molecule has 1 aliphatic rings. The highest BCUT2D eigenvalue weighted by Gasteiger charge is 2.23. The largest absolute Gasteiger partial charge is 0.396 e.